The van der Waals surface area contributed by atoms with E-state index in [4.69, 9.17) is 9.68 Å². The smallest absolute Gasteiger partial charge is 0.169 e. The van der Waals surface area contributed by atoms with Gasteiger partial charge in [-0.2, -0.15) is 5.26 Å². The maximum absolute atomic E-state index is 15.0. The van der Waals surface area contributed by atoms with E-state index in [-0.39, 0.29) is 11.9 Å². The van der Waals surface area contributed by atoms with Crippen molar-refractivity contribution < 1.29 is 13.2 Å². The lowest BCUT2D eigenvalue weighted by Crippen LogP contribution is -2.36. The van der Waals surface area contributed by atoms with E-state index in [1.165, 1.54) is 6.07 Å². The highest BCUT2D eigenvalue weighted by Gasteiger charge is 2.38. The van der Waals surface area contributed by atoms with Crippen LogP contribution in [0.5, 0.6) is 0 Å². The molecule has 1 aliphatic rings. The first-order valence-electron chi connectivity index (χ1n) is 9.29. The zero-order chi connectivity index (χ0) is 20.4. The number of halogens is 2. The molecule has 0 saturated heterocycles. The fourth-order valence-corrected chi connectivity index (χ4v) is 4.26. The molecule has 0 fully saturated rings. The molecular formula is C23H17F2N3O. The third-order valence-corrected chi connectivity index (χ3v) is 5.79. The van der Waals surface area contributed by atoms with Crippen molar-refractivity contribution in [1.82, 2.24) is 0 Å². The van der Waals surface area contributed by atoms with Crippen molar-refractivity contribution in [2.45, 2.75) is 20.0 Å². The van der Waals surface area contributed by atoms with Gasteiger partial charge in [0.15, 0.2) is 11.4 Å². The van der Waals surface area contributed by atoms with Gasteiger partial charge in [-0.15, -0.1) is 0 Å². The number of nitrogens with zero attached hydrogens (tertiary/aromatic N) is 3. The van der Waals surface area contributed by atoms with Crippen molar-refractivity contribution in [3.8, 4) is 6.07 Å². The second-order valence-corrected chi connectivity index (χ2v) is 7.35. The lowest BCUT2D eigenvalue weighted by atomic mass is 10.1. The number of hydrogen-bond donors (Lipinski definition) is 0. The maximum atomic E-state index is 15.0. The average molecular weight is 389 g/mol. The van der Waals surface area contributed by atoms with E-state index in [1.807, 2.05) is 55.1 Å². The molecule has 6 heteroatoms. The summed E-state index contributed by atoms with van der Waals surface area (Å²) >= 11 is 0. The number of furan rings is 1. The van der Waals surface area contributed by atoms with Crippen LogP contribution in [0.25, 0.3) is 21.9 Å². The molecule has 5 rings (SSSR count). The summed E-state index contributed by atoms with van der Waals surface area (Å²) in [5.41, 5.74) is 3.14. The number of benzene rings is 3. The molecule has 0 spiro atoms. The fraction of sp³-hybridized carbons (Fsp3) is 0.174. The molecule has 4 aromatic rings. The predicted octanol–water partition coefficient (Wildman–Crippen LogP) is 5.98. The predicted molar refractivity (Wildman–Crippen MR) is 110 cm³/mol. The summed E-state index contributed by atoms with van der Waals surface area (Å²) in [6, 6.07) is 14.6. The van der Waals surface area contributed by atoms with Crippen molar-refractivity contribution in [2.24, 2.45) is 0 Å². The van der Waals surface area contributed by atoms with Gasteiger partial charge in [0, 0.05) is 23.9 Å². The number of nitriles is 1. The number of aryl methyl sites for hydroxylation is 1. The molecule has 0 radical (unpaired) electrons. The summed E-state index contributed by atoms with van der Waals surface area (Å²) in [7, 11) is 1.74. The minimum atomic E-state index is -0.870. The summed E-state index contributed by atoms with van der Waals surface area (Å²) in [6.45, 7) is 3.85. The van der Waals surface area contributed by atoms with Crippen molar-refractivity contribution in [3.63, 3.8) is 0 Å². The van der Waals surface area contributed by atoms with Crippen LogP contribution in [-0.2, 0) is 0 Å². The average Bonchev–Trinajstić information content (AvgIpc) is 3.18. The van der Waals surface area contributed by atoms with Crippen molar-refractivity contribution in [2.75, 3.05) is 16.8 Å². The van der Waals surface area contributed by atoms with Crippen molar-refractivity contribution in [1.29, 1.82) is 5.26 Å². The quantitative estimate of drug-likeness (QED) is 0.402. The Labute approximate surface area is 166 Å². The molecule has 1 aromatic heterocycles. The molecule has 0 unspecified atom stereocenters. The summed E-state index contributed by atoms with van der Waals surface area (Å²) in [5, 5.41) is 11.1. The fourth-order valence-electron chi connectivity index (χ4n) is 4.26. The normalized spacial score (nSPS) is 15.9. The van der Waals surface area contributed by atoms with Gasteiger partial charge >= 0.3 is 0 Å². The van der Waals surface area contributed by atoms with Gasteiger partial charge in [-0.1, -0.05) is 30.3 Å². The van der Waals surface area contributed by atoms with Gasteiger partial charge in [-0.3, -0.25) is 0 Å². The zero-order valence-corrected chi connectivity index (χ0v) is 16.1. The van der Waals surface area contributed by atoms with E-state index in [2.05, 4.69) is 0 Å². The highest BCUT2D eigenvalue weighted by molar-refractivity contribution is 6.10. The van der Waals surface area contributed by atoms with Crippen LogP contribution in [0.1, 0.15) is 18.1 Å². The molecule has 29 heavy (non-hydrogen) atoms. The Bertz CT molecular complexity index is 1350. The lowest BCUT2D eigenvalue weighted by Gasteiger charge is -2.28. The zero-order valence-electron chi connectivity index (χ0n) is 16.1. The number of hydrogen-bond acceptors (Lipinski definition) is 4. The van der Waals surface area contributed by atoms with Crippen LogP contribution < -0.4 is 9.80 Å². The molecule has 0 bridgehead atoms. The Morgan fingerprint density at radius 1 is 1.07 bits per heavy atom. The molecule has 0 N–H and O–H groups in total. The summed E-state index contributed by atoms with van der Waals surface area (Å²) in [5.74, 6) is -1.71. The largest absolute Gasteiger partial charge is 0.454 e. The first-order chi connectivity index (χ1) is 13.9. The van der Waals surface area contributed by atoms with Crippen LogP contribution >= 0.6 is 0 Å². The number of rotatable bonds is 1. The second kappa shape index (κ2) is 5.95. The Morgan fingerprint density at radius 2 is 1.83 bits per heavy atom. The van der Waals surface area contributed by atoms with Crippen molar-refractivity contribution >= 4 is 39.0 Å². The highest BCUT2D eigenvalue weighted by Crippen LogP contribution is 2.49. The van der Waals surface area contributed by atoms with E-state index >= 15 is 0 Å². The van der Waals surface area contributed by atoms with E-state index < -0.39 is 17.2 Å². The van der Waals surface area contributed by atoms with Gasteiger partial charge in [0.25, 0.3) is 0 Å². The molecule has 2 heterocycles. The molecule has 144 valence electrons. The molecule has 0 aliphatic carbocycles. The van der Waals surface area contributed by atoms with Crippen LogP contribution in [0.4, 0.5) is 25.8 Å². The number of anilines is 3. The number of fused-ring (bicyclic) bond motifs is 4. The third-order valence-electron chi connectivity index (χ3n) is 5.79. The van der Waals surface area contributed by atoms with E-state index in [9.17, 15) is 8.78 Å². The molecule has 3 aromatic carbocycles. The standard InChI is InChI=1S/C23H17F2N3O/c1-12-8-9-15-14-6-4-5-7-19(14)29-23(15)21(12)28-13(2)27(3)22-18(28)10-17(24)16(11-26)20(22)25/h4-10,13H,1-3H3/t13-/m0/s1. The van der Waals surface area contributed by atoms with Gasteiger partial charge in [-0.05, 0) is 25.5 Å². The maximum Gasteiger partial charge on any atom is 0.169 e. The van der Waals surface area contributed by atoms with Gasteiger partial charge in [0.1, 0.15) is 34.9 Å². The van der Waals surface area contributed by atoms with Gasteiger partial charge in [-0.25, -0.2) is 8.78 Å². The Kier molecular flexibility index (Phi) is 3.59. The van der Waals surface area contributed by atoms with Crippen LogP contribution in [0.3, 0.4) is 0 Å². The molecule has 0 saturated carbocycles. The molecular weight excluding hydrogens is 372 g/mol. The van der Waals surface area contributed by atoms with E-state index in [0.717, 1.165) is 27.6 Å². The molecule has 1 atom stereocenters. The summed E-state index contributed by atoms with van der Waals surface area (Å²) in [4.78, 5) is 3.59. The minimum absolute atomic E-state index is 0.211. The first-order valence-corrected chi connectivity index (χ1v) is 9.29. The van der Waals surface area contributed by atoms with Gasteiger partial charge in [0.2, 0.25) is 0 Å². The lowest BCUT2D eigenvalue weighted by molar-refractivity contribution is 0.577. The SMILES string of the molecule is Cc1ccc2c(oc3ccccc32)c1N1c2cc(F)c(C#N)c(F)c2N(C)[C@@H]1C. The minimum Gasteiger partial charge on any atom is -0.454 e. The number of para-hydroxylation sites is 1. The summed E-state index contributed by atoms with van der Waals surface area (Å²) in [6.07, 6.45) is -0.301. The molecule has 0 amide bonds. The summed E-state index contributed by atoms with van der Waals surface area (Å²) < 4.78 is 35.7. The topological polar surface area (TPSA) is 43.4 Å². The van der Waals surface area contributed by atoms with Crippen molar-refractivity contribution in [3.05, 3.63) is 65.2 Å². The van der Waals surface area contributed by atoms with E-state index in [1.54, 1.807) is 18.0 Å². The molecule has 4 nitrogen and oxygen atoms in total. The van der Waals surface area contributed by atoms with Crippen LogP contribution in [0, 0.1) is 29.9 Å². The highest BCUT2D eigenvalue weighted by atomic mass is 19.1. The van der Waals surface area contributed by atoms with Crippen LogP contribution in [-0.4, -0.2) is 13.2 Å². The monoisotopic (exact) mass is 389 g/mol. The van der Waals surface area contributed by atoms with Crippen LogP contribution in [0.15, 0.2) is 46.9 Å². The molecule has 1 aliphatic heterocycles. The second-order valence-electron chi connectivity index (χ2n) is 7.35. The van der Waals surface area contributed by atoms with E-state index in [0.29, 0.717) is 11.3 Å². The Balaban J connectivity index is 1.85. The third kappa shape index (κ3) is 2.21. The van der Waals surface area contributed by atoms with Gasteiger partial charge in [0.05, 0.1) is 11.4 Å². The van der Waals surface area contributed by atoms with Crippen LogP contribution in [0.2, 0.25) is 0 Å². The Morgan fingerprint density at radius 3 is 2.59 bits per heavy atom. The first kappa shape index (κ1) is 17.5. The Hall–Kier alpha value is -3.59. The van der Waals surface area contributed by atoms with Gasteiger partial charge < -0.3 is 14.2 Å².